The molecule has 1 N–H and O–H groups in total. The van der Waals surface area contributed by atoms with E-state index in [1.165, 1.54) is 7.11 Å². The van der Waals surface area contributed by atoms with Crippen molar-refractivity contribution in [1.29, 1.82) is 0 Å². The number of carbonyl (C=O) groups is 2. The van der Waals surface area contributed by atoms with E-state index in [9.17, 15) is 9.59 Å². The summed E-state index contributed by atoms with van der Waals surface area (Å²) >= 11 is 5.72. The monoisotopic (exact) mass is 439 g/mol. The highest BCUT2D eigenvalue weighted by atomic mass is 35.5. The number of amides is 1. The first-order chi connectivity index (χ1) is 14.8. The second-order valence-corrected chi connectivity index (χ2v) is 8.52. The highest BCUT2D eigenvalue weighted by Gasteiger charge is 2.23. The van der Waals surface area contributed by atoms with Gasteiger partial charge in [-0.25, -0.2) is 0 Å². The number of fused-ring (bicyclic) bond motifs is 1. The van der Waals surface area contributed by atoms with Crippen molar-refractivity contribution < 1.29 is 19.1 Å². The Balaban J connectivity index is 1.94. The van der Waals surface area contributed by atoms with Gasteiger partial charge in [0.25, 0.3) is 11.7 Å². The molecular weight excluding hydrogens is 414 g/mol. The van der Waals surface area contributed by atoms with E-state index in [0.717, 1.165) is 10.9 Å². The Labute approximate surface area is 187 Å². The molecule has 31 heavy (non-hydrogen) atoms. The van der Waals surface area contributed by atoms with Crippen molar-refractivity contribution in [2.45, 2.75) is 26.2 Å². The third-order valence-electron chi connectivity index (χ3n) is 4.98. The number of ether oxygens (including phenoxy) is 2. The molecule has 0 aliphatic rings. The molecule has 0 bridgehead atoms. The Morgan fingerprint density at radius 1 is 0.968 bits per heavy atom. The van der Waals surface area contributed by atoms with Gasteiger partial charge >= 0.3 is 0 Å². The van der Waals surface area contributed by atoms with Crippen LogP contribution in [-0.4, -0.2) is 31.3 Å². The van der Waals surface area contributed by atoms with Crippen LogP contribution in [0, 0.1) is 0 Å². The lowest BCUT2D eigenvalue weighted by Crippen LogP contribution is -2.24. The van der Waals surface area contributed by atoms with Crippen LogP contribution in [0.5, 0.6) is 11.5 Å². The Bertz CT molecular complexity index is 1120. The molecule has 0 unspecified atom stereocenters. The first kappa shape index (κ1) is 22.6. The zero-order valence-electron chi connectivity index (χ0n) is 18.1. The van der Waals surface area contributed by atoms with Crippen LogP contribution >= 0.6 is 11.6 Å². The molecule has 1 amide bonds. The number of nitrogens with one attached hydrogen (secondary N) is 1. The lowest BCUT2D eigenvalue weighted by atomic mass is 9.87. The molecule has 0 aliphatic heterocycles. The van der Waals surface area contributed by atoms with Crippen LogP contribution in [-0.2, 0) is 10.2 Å². The van der Waals surface area contributed by atoms with Crippen LogP contribution in [0.25, 0.3) is 10.8 Å². The quantitative estimate of drug-likeness (QED) is 0.296. The number of carbonyl (C=O) groups excluding carboxylic acids is 2. The minimum absolute atomic E-state index is 0.120. The zero-order valence-corrected chi connectivity index (χ0v) is 18.9. The Morgan fingerprint density at radius 2 is 1.65 bits per heavy atom. The summed E-state index contributed by atoms with van der Waals surface area (Å²) in [5, 5.41) is 4.12. The molecule has 0 spiro atoms. The molecule has 3 rings (SSSR count). The van der Waals surface area contributed by atoms with Gasteiger partial charge in [-0.3, -0.25) is 9.59 Å². The van der Waals surface area contributed by atoms with Gasteiger partial charge in [0.1, 0.15) is 18.1 Å². The van der Waals surface area contributed by atoms with Gasteiger partial charge in [0, 0.05) is 10.9 Å². The summed E-state index contributed by atoms with van der Waals surface area (Å²) in [4.78, 5) is 25.9. The smallest absolute Gasteiger partial charge is 0.296 e. The third kappa shape index (κ3) is 5.00. The van der Waals surface area contributed by atoms with Crippen LogP contribution in [0.3, 0.4) is 0 Å². The number of alkyl halides is 1. The summed E-state index contributed by atoms with van der Waals surface area (Å²) in [6.07, 6.45) is 0. The Kier molecular flexibility index (Phi) is 6.86. The molecule has 3 aromatic carbocycles. The highest BCUT2D eigenvalue weighted by Crippen LogP contribution is 2.32. The van der Waals surface area contributed by atoms with E-state index in [1.54, 1.807) is 24.3 Å². The molecule has 0 radical (unpaired) electrons. The van der Waals surface area contributed by atoms with Crippen LogP contribution in [0.15, 0.2) is 54.6 Å². The number of rotatable bonds is 7. The van der Waals surface area contributed by atoms with Gasteiger partial charge in [-0.15, -0.1) is 11.6 Å². The fourth-order valence-electron chi connectivity index (χ4n) is 3.32. The van der Waals surface area contributed by atoms with Crippen LogP contribution in [0.2, 0.25) is 0 Å². The summed E-state index contributed by atoms with van der Waals surface area (Å²) in [6.45, 7) is 6.58. The van der Waals surface area contributed by atoms with Gasteiger partial charge in [0.15, 0.2) is 0 Å². The number of benzene rings is 3. The average Bonchev–Trinajstić information content (AvgIpc) is 2.76. The summed E-state index contributed by atoms with van der Waals surface area (Å²) in [5.74, 6) is 0.0937. The van der Waals surface area contributed by atoms with E-state index < -0.39 is 11.7 Å². The van der Waals surface area contributed by atoms with Crippen molar-refractivity contribution in [2.24, 2.45) is 0 Å². The lowest BCUT2D eigenvalue weighted by Gasteiger charge is -2.21. The topological polar surface area (TPSA) is 64.6 Å². The van der Waals surface area contributed by atoms with E-state index in [0.29, 0.717) is 40.6 Å². The molecule has 0 aromatic heterocycles. The number of hydrogen-bond donors (Lipinski definition) is 1. The Hall–Kier alpha value is -3.05. The number of hydrogen-bond acceptors (Lipinski definition) is 4. The maximum absolute atomic E-state index is 13.1. The molecule has 0 saturated carbocycles. The molecule has 5 nitrogen and oxygen atoms in total. The average molecular weight is 440 g/mol. The molecule has 3 aromatic rings. The summed E-state index contributed by atoms with van der Waals surface area (Å²) in [6, 6.07) is 16.2. The number of halogens is 1. The third-order valence-corrected chi connectivity index (χ3v) is 5.14. The standard InChI is InChI=1S/C25H26ClNO4/c1-25(2,3)16-9-11-22(30-4)20(15-16)27-24(29)23(28)19-10-12-21(31-14-13-26)18-8-6-5-7-17(18)19/h5-12,15H,13-14H2,1-4H3,(H,27,29). The maximum Gasteiger partial charge on any atom is 0.296 e. The number of methoxy groups -OCH3 is 1. The minimum atomic E-state index is -0.732. The molecular formula is C25H26ClNO4. The predicted octanol–water partition coefficient (Wildman–Crippen LogP) is 5.58. The van der Waals surface area contributed by atoms with Gasteiger partial charge in [-0.05, 0) is 40.6 Å². The summed E-state index contributed by atoms with van der Waals surface area (Å²) < 4.78 is 11.0. The van der Waals surface area contributed by atoms with Gasteiger partial charge in [-0.1, -0.05) is 51.1 Å². The fraction of sp³-hybridized carbons (Fsp3) is 0.280. The van der Waals surface area contributed by atoms with E-state index in [2.05, 4.69) is 26.1 Å². The number of ketones is 1. The second-order valence-electron chi connectivity index (χ2n) is 8.14. The van der Waals surface area contributed by atoms with E-state index >= 15 is 0 Å². The zero-order chi connectivity index (χ0) is 22.6. The normalized spacial score (nSPS) is 11.3. The largest absolute Gasteiger partial charge is 0.495 e. The van der Waals surface area contributed by atoms with Crippen LogP contribution < -0.4 is 14.8 Å². The summed E-state index contributed by atoms with van der Waals surface area (Å²) in [5.41, 5.74) is 1.66. The molecule has 0 fully saturated rings. The van der Waals surface area contributed by atoms with Gasteiger partial charge in [0.05, 0.1) is 18.7 Å². The lowest BCUT2D eigenvalue weighted by molar-refractivity contribution is -0.112. The van der Waals surface area contributed by atoms with Crippen molar-refractivity contribution in [3.05, 3.63) is 65.7 Å². The fourth-order valence-corrected chi connectivity index (χ4v) is 3.39. The first-order valence-corrected chi connectivity index (χ1v) is 10.5. The molecule has 162 valence electrons. The van der Waals surface area contributed by atoms with Crippen molar-refractivity contribution in [3.63, 3.8) is 0 Å². The predicted molar refractivity (Wildman–Crippen MR) is 125 cm³/mol. The van der Waals surface area contributed by atoms with Crippen molar-refractivity contribution in [2.75, 3.05) is 24.9 Å². The van der Waals surface area contributed by atoms with Gasteiger partial charge < -0.3 is 14.8 Å². The minimum Gasteiger partial charge on any atom is -0.495 e. The number of Topliss-reactive ketones (excluding diaryl/α,β-unsaturated/α-hetero) is 1. The molecule has 0 saturated heterocycles. The van der Waals surface area contributed by atoms with Crippen molar-refractivity contribution in [1.82, 2.24) is 0 Å². The molecule has 0 aliphatic carbocycles. The maximum atomic E-state index is 13.1. The van der Waals surface area contributed by atoms with E-state index in [1.807, 2.05) is 30.3 Å². The van der Waals surface area contributed by atoms with Crippen molar-refractivity contribution in [3.8, 4) is 11.5 Å². The van der Waals surface area contributed by atoms with Gasteiger partial charge in [-0.2, -0.15) is 0 Å². The summed E-state index contributed by atoms with van der Waals surface area (Å²) in [7, 11) is 1.52. The highest BCUT2D eigenvalue weighted by molar-refractivity contribution is 6.48. The van der Waals surface area contributed by atoms with Crippen LogP contribution in [0.1, 0.15) is 36.7 Å². The Morgan fingerprint density at radius 3 is 2.29 bits per heavy atom. The second kappa shape index (κ2) is 9.40. The first-order valence-electron chi connectivity index (χ1n) is 10.0. The van der Waals surface area contributed by atoms with Gasteiger partial charge in [0.2, 0.25) is 0 Å². The van der Waals surface area contributed by atoms with Crippen LogP contribution in [0.4, 0.5) is 5.69 Å². The molecule has 0 heterocycles. The molecule has 6 heteroatoms. The SMILES string of the molecule is COc1ccc(C(C)(C)C)cc1NC(=O)C(=O)c1ccc(OCCCl)c2ccccc12. The van der Waals surface area contributed by atoms with E-state index in [4.69, 9.17) is 21.1 Å². The number of anilines is 1. The molecule has 0 atom stereocenters. The van der Waals surface area contributed by atoms with Crippen molar-refractivity contribution >= 4 is 39.8 Å². The van der Waals surface area contributed by atoms with E-state index in [-0.39, 0.29) is 5.41 Å².